The zero-order valence-electron chi connectivity index (χ0n) is 12.7. The van der Waals surface area contributed by atoms with Crippen LogP contribution in [0.15, 0.2) is 48.5 Å². The van der Waals surface area contributed by atoms with Crippen molar-refractivity contribution in [2.45, 2.75) is 13.0 Å². The molecule has 120 valence electrons. The Balaban J connectivity index is 1.96. The number of methoxy groups -OCH3 is 1. The van der Waals surface area contributed by atoms with Crippen LogP contribution < -0.4 is 10.1 Å². The van der Waals surface area contributed by atoms with E-state index < -0.39 is 18.0 Å². The maximum absolute atomic E-state index is 12.1. The molecule has 0 saturated heterocycles. The molecule has 0 radical (unpaired) electrons. The molecular formula is C17H16ClNO4. The van der Waals surface area contributed by atoms with Crippen LogP contribution >= 0.6 is 11.6 Å². The van der Waals surface area contributed by atoms with Crippen LogP contribution in [0, 0.1) is 0 Å². The minimum absolute atomic E-state index is 0.221. The standard InChI is InChI=1S/C17H16ClNO4/c1-11(23-17(21)14-5-3-4-6-15(14)18)16(20)19-12-7-9-13(22-2)10-8-12/h3-11H,1-2H3,(H,19,20)/t11-/m0/s1. The zero-order valence-corrected chi connectivity index (χ0v) is 13.5. The summed E-state index contributed by atoms with van der Waals surface area (Å²) in [5.74, 6) is -0.398. The molecule has 1 N–H and O–H groups in total. The van der Waals surface area contributed by atoms with Crippen LogP contribution in [0.5, 0.6) is 5.75 Å². The second-order valence-corrected chi connectivity index (χ2v) is 5.15. The third-order valence-corrected chi connectivity index (χ3v) is 3.43. The second-order valence-electron chi connectivity index (χ2n) is 4.75. The molecule has 0 saturated carbocycles. The topological polar surface area (TPSA) is 64.6 Å². The summed E-state index contributed by atoms with van der Waals surface area (Å²) < 4.78 is 10.2. The van der Waals surface area contributed by atoms with Gasteiger partial charge in [-0.15, -0.1) is 0 Å². The molecule has 0 bridgehead atoms. The van der Waals surface area contributed by atoms with E-state index in [4.69, 9.17) is 21.1 Å². The van der Waals surface area contributed by atoms with Crippen LogP contribution in [0.3, 0.4) is 0 Å². The van der Waals surface area contributed by atoms with E-state index >= 15 is 0 Å². The van der Waals surface area contributed by atoms with Crippen molar-refractivity contribution in [3.8, 4) is 5.75 Å². The molecule has 1 amide bonds. The minimum atomic E-state index is -0.958. The fourth-order valence-corrected chi connectivity index (χ4v) is 2.04. The van der Waals surface area contributed by atoms with Gasteiger partial charge in [0.1, 0.15) is 5.75 Å². The van der Waals surface area contributed by atoms with Crippen molar-refractivity contribution in [1.82, 2.24) is 0 Å². The predicted octanol–water partition coefficient (Wildman–Crippen LogP) is 3.53. The molecule has 0 aliphatic rings. The predicted molar refractivity (Wildman–Crippen MR) is 88.0 cm³/mol. The Morgan fingerprint density at radius 2 is 1.74 bits per heavy atom. The van der Waals surface area contributed by atoms with Crippen LogP contribution in [0.4, 0.5) is 5.69 Å². The number of carbonyl (C=O) groups is 2. The Labute approximate surface area is 139 Å². The first kappa shape index (κ1) is 16.8. The largest absolute Gasteiger partial charge is 0.497 e. The molecule has 0 heterocycles. The maximum atomic E-state index is 12.1. The second kappa shape index (κ2) is 7.65. The van der Waals surface area contributed by atoms with Gasteiger partial charge in [-0.05, 0) is 43.3 Å². The molecule has 5 nitrogen and oxygen atoms in total. The molecule has 0 aromatic heterocycles. The maximum Gasteiger partial charge on any atom is 0.340 e. The van der Waals surface area contributed by atoms with E-state index in [0.717, 1.165) is 0 Å². The first-order valence-electron chi connectivity index (χ1n) is 6.91. The lowest BCUT2D eigenvalue weighted by molar-refractivity contribution is -0.123. The number of carbonyl (C=O) groups excluding carboxylic acids is 2. The number of hydrogen-bond acceptors (Lipinski definition) is 4. The van der Waals surface area contributed by atoms with Gasteiger partial charge in [0.25, 0.3) is 5.91 Å². The average molecular weight is 334 g/mol. The van der Waals surface area contributed by atoms with Crippen LogP contribution in [0.2, 0.25) is 5.02 Å². The number of amides is 1. The molecule has 2 aromatic rings. The van der Waals surface area contributed by atoms with Gasteiger partial charge >= 0.3 is 5.97 Å². The lowest BCUT2D eigenvalue weighted by atomic mass is 10.2. The minimum Gasteiger partial charge on any atom is -0.497 e. The van der Waals surface area contributed by atoms with Gasteiger partial charge in [-0.25, -0.2) is 4.79 Å². The van der Waals surface area contributed by atoms with Crippen molar-refractivity contribution in [2.75, 3.05) is 12.4 Å². The van der Waals surface area contributed by atoms with Gasteiger partial charge in [-0.2, -0.15) is 0 Å². The Morgan fingerprint density at radius 3 is 2.35 bits per heavy atom. The van der Waals surface area contributed by atoms with Crippen LogP contribution in [0.1, 0.15) is 17.3 Å². The van der Waals surface area contributed by atoms with Gasteiger partial charge in [0.2, 0.25) is 0 Å². The van der Waals surface area contributed by atoms with Gasteiger partial charge < -0.3 is 14.8 Å². The zero-order chi connectivity index (χ0) is 16.8. The monoisotopic (exact) mass is 333 g/mol. The highest BCUT2D eigenvalue weighted by atomic mass is 35.5. The first-order valence-corrected chi connectivity index (χ1v) is 7.29. The smallest absolute Gasteiger partial charge is 0.340 e. The lowest BCUT2D eigenvalue weighted by Gasteiger charge is -2.14. The van der Waals surface area contributed by atoms with E-state index in [1.54, 1.807) is 55.6 Å². The van der Waals surface area contributed by atoms with Gasteiger partial charge in [-0.3, -0.25) is 4.79 Å². The summed E-state index contributed by atoms with van der Waals surface area (Å²) in [7, 11) is 1.56. The van der Waals surface area contributed by atoms with Gasteiger partial charge in [0.05, 0.1) is 17.7 Å². The van der Waals surface area contributed by atoms with Crippen molar-refractivity contribution in [3.63, 3.8) is 0 Å². The van der Waals surface area contributed by atoms with Crippen LogP contribution in [-0.4, -0.2) is 25.1 Å². The van der Waals surface area contributed by atoms with E-state index in [9.17, 15) is 9.59 Å². The van der Waals surface area contributed by atoms with Crippen LogP contribution in [0.25, 0.3) is 0 Å². The molecule has 6 heteroatoms. The number of ether oxygens (including phenoxy) is 2. The summed E-state index contributed by atoms with van der Waals surface area (Å²) >= 11 is 5.93. The number of hydrogen-bond donors (Lipinski definition) is 1. The third-order valence-electron chi connectivity index (χ3n) is 3.10. The summed E-state index contributed by atoms with van der Waals surface area (Å²) in [4.78, 5) is 24.1. The van der Waals surface area contributed by atoms with E-state index in [0.29, 0.717) is 11.4 Å². The van der Waals surface area contributed by atoms with E-state index in [1.165, 1.54) is 6.92 Å². The Bertz CT molecular complexity index is 700. The average Bonchev–Trinajstić information content (AvgIpc) is 2.55. The van der Waals surface area contributed by atoms with E-state index in [-0.39, 0.29) is 10.6 Å². The normalized spacial score (nSPS) is 11.4. The fraction of sp³-hybridized carbons (Fsp3) is 0.176. The highest BCUT2D eigenvalue weighted by Crippen LogP contribution is 2.18. The summed E-state index contributed by atoms with van der Waals surface area (Å²) in [6, 6.07) is 13.3. The Morgan fingerprint density at radius 1 is 1.09 bits per heavy atom. The number of esters is 1. The number of nitrogens with one attached hydrogen (secondary N) is 1. The van der Waals surface area contributed by atoms with Crippen molar-refractivity contribution in [2.24, 2.45) is 0 Å². The highest BCUT2D eigenvalue weighted by Gasteiger charge is 2.20. The molecule has 0 aliphatic heterocycles. The SMILES string of the molecule is COc1ccc(NC(=O)[C@H](C)OC(=O)c2ccccc2Cl)cc1. The molecule has 0 fully saturated rings. The summed E-state index contributed by atoms with van der Waals surface area (Å²) in [6.07, 6.45) is -0.958. The number of anilines is 1. The molecule has 2 rings (SSSR count). The highest BCUT2D eigenvalue weighted by molar-refractivity contribution is 6.33. The number of rotatable bonds is 5. The summed E-state index contributed by atoms with van der Waals surface area (Å²) in [5.41, 5.74) is 0.801. The van der Waals surface area contributed by atoms with E-state index in [1.807, 2.05) is 0 Å². The quantitative estimate of drug-likeness (QED) is 0.850. The third kappa shape index (κ3) is 4.47. The first-order chi connectivity index (χ1) is 11.0. The molecule has 2 aromatic carbocycles. The van der Waals surface area contributed by atoms with Gasteiger partial charge in [-0.1, -0.05) is 23.7 Å². The van der Waals surface area contributed by atoms with Crippen molar-refractivity contribution >= 4 is 29.2 Å². The van der Waals surface area contributed by atoms with E-state index in [2.05, 4.69) is 5.32 Å². The number of benzene rings is 2. The van der Waals surface area contributed by atoms with Crippen molar-refractivity contribution in [3.05, 3.63) is 59.1 Å². The summed E-state index contributed by atoms with van der Waals surface area (Å²) in [5, 5.41) is 2.94. The molecule has 0 unspecified atom stereocenters. The molecule has 1 atom stereocenters. The fourth-order valence-electron chi connectivity index (χ4n) is 1.82. The van der Waals surface area contributed by atoms with Gasteiger partial charge in [0.15, 0.2) is 6.10 Å². The van der Waals surface area contributed by atoms with Gasteiger partial charge in [0, 0.05) is 5.69 Å². The van der Waals surface area contributed by atoms with Crippen molar-refractivity contribution < 1.29 is 19.1 Å². The molecule has 0 spiro atoms. The lowest BCUT2D eigenvalue weighted by Crippen LogP contribution is -2.30. The van der Waals surface area contributed by atoms with Crippen LogP contribution in [-0.2, 0) is 9.53 Å². The summed E-state index contributed by atoms with van der Waals surface area (Å²) in [6.45, 7) is 1.49. The molecule has 0 aliphatic carbocycles. The molecular weight excluding hydrogens is 318 g/mol. The van der Waals surface area contributed by atoms with Crippen molar-refractivity contribution in [1.29, 1.82) is 0 Å². The molecule has 23 heavy (non-hydrogen) atoms. The number of halogens is 1. The Kier molecular flexibility index (Phi) is 5.60. The Hall–Kier alpha value is -2.53.